The average Bonchev–Trinajstić information content (AvgIpc) is 2.29. The van der Waals surface area contributed by atoms with Crippen LogP contribution in [0.2, 0.25) is 0 Å². The van der Waals surface area contributed by atoms with E-state index in [9.17, 15) is 4.79 Å². The molecule has 0 saturated carbocycles. The second-order valence-corrected chi connectivity index (χ2v) is 3.44. The van der Waals surface area contributed by atoms with Crippen LogP contribution in [-0.2, 0) is 16.1 Å². The predicted octanol–water partition coefficient (Wildman–Crippen LogP) is -0.0201. The molecule has 0 spiro atoms. The van der Waals surface area contributed by atoms with E-state index in [4.69, 9.17) is 10.5 Å². The molecule has 0 aromatic carbocycles. The van der Waals surface area contributed by atoms with Crippen molar-refractivity contribution in [1.29, 1.82) is 0 Å². The number of aryl methyl sites for hydroxylation is 1. The summed E-state index contributed by atoms with van der Waals surface area (Å²) in [4.78, 5) is 15.7. The molecule has 0 aliphatic rings. The van der Waals surface area contributed by atoms with Gasteiger partial charge in [0.15, 0.2) is 0 Å². The van der Waals surface area contributed by atoms with Crippen LogP contribution in [0.15, 0.2) is 18.3 Å². The summed E-state index contributed by atoms with van der Waals surface area (Å²) >= 11 is 0. The van der Waals surface area contributed by atoms with Gasteiger partial charge < -0.3 is 15.8 Å². The number of ether oxygens (including phenoxy) is 1. The fraction of sp³-hybridized carbons (Fsp3) is 0.455. The number of hydrogen-bond donors (Lipinski definition) is 2. The molecule has 16 heavy (non-hydrogen) atoms. The Bertz CT molecular complexity index is 351. The van der Waals surface area contributed by atoms with Crippen LogP contribution >= 0.6 is 0 Å². The topological polar surface area (TPSA) is 77.2 Å². The van der Waals surface area contributed by atoms with Crippen LogP contribution in [0.1, 0.15) is 11.3 Å². The molecule has 0 bridgehead atoms. The summed E-state index contributed by atoms with van der Waals surface area (Å²) in [5, 5.41) is 2.74. The number of nitrogens with two attached hydrogens (primary N) is 1. The van der Waals surface area contributed by atoms with Crippen molar-refractivity contribution >= 4 is 5.91 Å². The number of carbonyl (C=O) groups is 1. The fourth-order valence-corrected chi connectivity index (χ4v) is 1.30. The highest BCUT2D eigenvalue weighted by Crippen LogP contribution is 2.02. The molecular formula is C11H17N3O2. The third-order valence-electron chi connectivity index (χ3n) is 2.34. The highest BCUT2D eigenvalue weighted by Gasteiger charge is 2.15. The van der Waals surface area contributed by atoms with Crippen molar-refractivity contribution in [3.63, 3.8) is 0 Å². The molecule has 1 aromatic rings. The number of amides is 1. The van der Waals surface area contributed by atoms with Crippen molar-refractivity contribution in [2.24, 2.45) is 5.73 Å². The first-order valence-electron chi connectivity index (χ1n) is 5.10. The maximum absolute atomic E-state index is 11.5. The second-order valence-electron chi connectivity index (χ2n) is 3.44. The predicted molar refractivity (Wildman–Crippen MR) is 60.7 cm³/mol. The van der Waals surface area contributed by atoms with Crippen molar-refractivity contribution in [2.75, 3.05) is 13.7 Å². The molecule has 1 amide bonds. The Labute approximate surface area is 95.0 Å². The van der Waals surface area contributed by atoms with E-state index >= 15 is 0 Å². The third kappa shape index (κ3) is 3.29. The van der Waals surface area contributed by atoms with Crippen LogP contribution in [0.4, 0.5) is 0 Å². The lowest BCUT2D eigenvalue weighted by Crippen LogP contribution is -2.40. The summed E-state index contributed by atoms with van der Waals surface area (Å²) in [5.41, 5.74) is 7.28. The third-order valence-corrected chi connectivity index (χ3v) is 2.34. The lowest BCUT2D eigenvalue weighted by molar-refractivity contribution is -0.130. The number of nitrogens with zero attached hydrogens (tertiary/aromatic N) is 1. The molecule has 1 aromatic heterocycles. The number of nitrogens with one attached hydrogen (secondary N) is 1. The van der Waals surface area contributed by atoms with Crippen LogP contribution in [0.25, 0.3) is 0 Å². The summed E-state index contributed by atoms with van der Waals surface area (Å²) in [6, 6.07) is 3.81. The summed E-state index contributed by atoms with van der Waals surface area (Å²) in [6.45, 7) is 2.51. The minimum absolute atomic E-state index is 0.170. The monoisotopic (exact) mass is 223 g/mol. The second kappa shape index (κ2) is 6.19. The zero-order valence-corrected chi connectivity index (χ0v) is 9.56. The molecule has 88 valence electrons. The first kappa shape index (κ1) is 12.6. The summed E-state index contributed by atoms with van der Waals surface area (Å²) in [5.74, 6) is -0.213. The van der Waals surface area contributed by atoms with Gasteiger partial charge in [-0.2, -0.15) is 0 Å². The quantitative estimate of drug-likeness (QED) is 0.735. The standard InChI is InChI=1S/C11H17N3O2/c1-8-4-3-5-13-9(8)7-14-11(15)10(6-12)16-2/h3-5,10H,6-7,12H2,1-2H3,(H,14,15). The molecule has 0 aliphatic heterocycles. The van der Waals surface area contributed by atoms with E-state index in [0.29, 0.717) is 6.54 Å². The van der Waals surface area contributed by atoms with Crippen molar-refractivity contribution in [3.05, 3.63) is 29.6 Å². The van der Waals surface area contributed by atoms with Crippen LogP contribution < -0.4 is 11.1 Å². The van der Waals surface area contributed by atoms with Crippen LogP contribution in [-0.4, -0.2) is 30.6 Å². The fourth-order valence-electron chi connectivity index (χ4n) is 1.30. The molecule has 1 atom stereocenters. The molecule has 5 nitrogen and oxygen atoms in total. The molecule has 1 rings (SSSR count). The Morgan fingerprint density at radius 3 is 3.00 bits per heavy atom. The normalized spacial score (nSPS) is 12.2. The Morgan fingerprint density at radius 2 is 2.44 bits per heavy atom. The molecule has 0 aliphatic carbocycles. The van der Waals surface area contributed by atoms with Gasteiger partial charge in [0.2, 0.25) is 0 Å². The SMILES string of the molecule is COC(CN)C(=O)NCc1ncccc1C. The molecule has 1 heterocycles. The van der Waals surface area contributed by atoms with Crippen LogP contribution in [0.3, 0.4) is 0 Å². The lowest BCUT2D eigenvalue weighted by Gasteiger charge is -2.13. The maximum atomic E-state index is 11.5. The van der Waals surface area contributed by atoms with Gasteiger partial charge in [-0.3, -0.25) is 9.78 Å². The van der Waals surface area contributed by atoms with Gasteiger partial charge in [0.1, 0.15) is 6.10 Å². The van der Waals surface area contributed by atoms with E-state index in [1.807, 2.05) is 19.1 Å². The smallest absolute Gasteiger partial charge is 0.250 e. The Morgan fingerprint density at radius 1 is 1.69 bits per heavy atom. The first-order valence-corrected chi connectivity index (χ1v) is 5.10. The van der Waals surface area contributed by atoms with E-state index in [2.05, 4.69) is 10.3 Å². The average molecular weight is 223 g/mol. The van der Waals surface area contributed by atoms with Gasteiger partial charge in [0, 0.05) is 19.9 Å². The highest BCUT2D eigenvalue weighted by molar-refractivity contribution is 5.80. The van der Waals surface area contributed by atoms with Crippen molar-refractivity contribution in [1.82, 2.24) is 10.3 Å². The van der Waals surface area contributed by atoms with Crippen molar-refractivity contribution < 1.29 is 9.53 Å². The summed E-state index contributed by atoms with van der Waals surface area (Å²) in [7, 11) is 1.46. The highest BCUT2D eigenvalue weighted by atomic mass is 16.5. The first-order chi connectivity index (χ1) is 7.69. The van der Waals surface area contributed by atoms with Gasteiger partial charge in [0.05, 0.1) is 12.2 Å². The molecule has 3 N–H and O–H groups in total. The van der Waals surface area contributed by atoms with Crippen LogP contribution in [0.5, 0.6) is 0 Å². The van der Waals surface area contributed by atoms with Gasteiger partial charge in [-0.25, -0.2) is 0 Å². The largest absolute Gasteiger partial charge is 0.370 e. The van der Waals surface area contributed by atoms with Crippen molar-refractivity contribution in [2.45, 2.75) is 19.6 Å². The minimum atomic E-state index is -0.594. The Hall–Kier alpha value is -1.46. The molecule has 1 unspecified atom stereocenters. The number of aromatic nitrogens is 1. The molecule has 0 saturated heterocycles. The summed E-state index contributed by atoms with van der Waals surface area (Å²) < 4.78 is 4.92. The number of methoxy groups -OCH3 is 1. The van der Waals surface area contributed by atoms with Gasteiger partial charge >= 0.3 is 0 Å². The van der Waals surface area contributed by atoms with E-state index in [1.165, 1.54) is 7.11 Å². The van der Waals surface area contributed by atoms with Crippen molar-refractivity contribution in [3.8, 4) is 0 Å². The van der Waals surface area contributed by atoms with Gasteiger partial charge in [-0.05, 0) is 18.6 Å². The van der Waals surface area contributed by atoms with E-state index < -0.39 is 6.10 Å². The van der Waals surface area contributed by atoms with Crippen LogP contribution in [0, 0.1) is 6.92 Å². The molecular weight excluding hydrogens is 206 g/mol. The number of carbonyl (C=O) groups excluding carboxylic acids is 1. The molecule has 0 radical (unpaired) electrons. The Kier molecular flexibility index (Phi) is 4.88. The zero-order chi connectivity index (χ0) is 12.0. The molecule has 0 fully saturated rings. The van der Waals surface area contributed by atoms with Gasteiger partial charge in [-0.1, -0.05) is 6.07 Å². The zero-order valence-electron chi connectivity index (χ0n) is 9.56. The molecule has 5 heteroatoms. The number of pyridine rings is 1. The number of hydrogen-bond acceptors (Lipinski definition) is 4. The summed E-state index contributed by atoms with van der Waals surface area (Å²) in [6.07, 6.45) is 1.11. The van der Waals surface area contributed by atoms with E-state index in [0.717, 1.165) is 11.3 Å². The Balaban J connectivity index is 2.52. The number of rotatable bonds is 5. The van der Waals surface area contributed by atoms with Gasteiger partial charge in [0.25, 0.3) is 5.91 Å². The van der Waals surface area contributed by atoms with E-state index in [1.54, 1.807) is 6.20 Å². The van der Waals surface area contributed by atoms with E-state index in [-0.39, 0.29) is 12.5 Å². The maximum Gasteiger partial charge on any atom is 0.250 e. The van der Waals surface area contributed by atoms with Gasteiger partial charge in [-0.15, -0.1) is 0 Å². The minimum Gasteiger partial charge on any atom is -0.370 e. The lowest BCUT2D eigenvalue weighted by atomic mass is 10.2.